The van der Waals surface area contributed by atoms with Crippen molar-refractivity contribution in [3.63, 3.8) is 0 Å². The molecular formula is C80H156O17P2. The van der Waals surface area contributed by atoms with E-state index in [0.29, 0.717) is 25.7 Å². The third kappa shape index (κ3) is 74.1. The highest BCUT2D eigenvalue weighted by Crippen LogP contribution is 2.45. The summed E-state index contributed by atoms with van der Waals surface area (Å²) in [6.45, 7) is 9.68. The maximum atomic E-state index is 13.1. The first kappa shape index (κ1) is 97.1. The van der Waals surface area contributed by atoms with Crippen LogP contribution in [-0.2, 0) is 65.4 Å². The summed E-state index contributed by atoms with van der Waals surface area (Å²) in [6, 6.07) is 0. The molecule has 588 valence electrons. The third-order valence-corrected chi connectivity index (χ3v) is 20.6. The first-order valence-electron chi connectivity index (χ1n) is 41.5. The number of carbonyl (C=O) groups excluding carboxylic acids is 4. The number of aliphatic hydroxyl groups excluding tert-OH is 1. The largest absolute Gasteiger partial charge is 0.472 e. The molecule has 0 fully saturated rings. The molecule has 0 saturated heterocycles. The topological polar surface area (TPSA) is 237 Å². The predicted octanol–water partition coefficient (Wildman–Crippen LogP) is 23.9. The average Bonchev–Trinajstić information content (AvgIpc) is 1.01. The van der Waals surface area contributed by atoms with E-state index < -0.39 is 97.5 Å². The number of phosphoric acid groups is 2. The number of phosphoric ester groups is 2. The van der Waals surface area contributed by atoms with Gasteiger partial charge in [-0.05, 0) is 37.5 Å². The summed E-state index contributed by atoms with van der Waals surface area (Å²) in [5, 5.41) is 10.6. The Bertz CT molecular complexity index is 1910. The van der Waals surface area contributed by atoms with E-state index in [9.17, 15) is 43.2 Å². The van der Waals surface area contributed by atoms with Gasteiger partial charge in [0.25, 0.3) is 0 Å². The molecule has 19 heteroatoms. The normalized spacial score (nSPS) is 13.9. The number of hydrogen-bond donors (Lipinski definition) is 3. The van der Waals surface area contributed by atoms with Crippen LogP contribution in [0.4, 0.5) is 0 Å². The molecule has 0 aliphatic carbocycles. The van der Waals surface area contributed by atoms with Crippen molar-refractivity contribution >= 4 is 39.5 Å². The molecule has 0 saturated carbocycles. The van der Waals surface area contributed by atoms with Crippen molar-refractivity contribution in [1.29, 1.82) is 0 Å². The van der Waals surface area contributed by atoms with Crippen molar-refractivity contribution < 1.29 is 80.2 Å². The number of ether oxygens (including phenoxy) is 4. The van der Waals surface area contributed by atoms with Gasteiger partial charge in [0, 0.05) is 25.7 Å². The smallest absolute Gasteiger partial charge is 0.462 e. The highest BCUT2D eigenvalue weighted by atomic mass is 31.2. The summed E-state index contributed by atoms with van der Waals surface area (Å²) < 4.78 is 68.7. The van der Waals surface area contributed by atoms with Crippen LogP contribution < -0.4 is 0 Å². The molecule has 0 heterocycles. The maximum Gasteiger partial charge on any atom is 0.472 e. The Kier molecular flexibility index (Phi) is 70.3. The molecule has 0 aromatic heterocycles. The van der Waals surface area contributed by atoms with Crippen molar-refractivity contribution in [2.75, 3.05) is 39.6 Å². The van der Waals surface area contributed by atoms with E-state index in [2.05, 4.69) is 41.5 Å². The molecule has 0 radical (unpaired) electrons. The number of hydrogen-bond acceptors (Lipinski definition) is 15. The molecular weight excluding hydrogens is 1290 g/mol. The van der Waals surface area contributed by atoms with Gasteiger partial charge < -0.3 is 33.8 Å². The molecule has 0 aliphatic rings. The van der Waals surface area contributed by atoms with E-state index in [1.165, 1.54) is 238 Å². The Morgan fingerprint density at radius 3 is 0.687 bits per heavy atom. The zero-order valence-electron chi connectivity index (χ0n) is 64.8. The van der Waals surface area contributed by atoms with Gasteiger partial charge in [0.15, 0.2) is 12.2 Å². The Morgan fingerprint density at radius 1 is 0.273 bits per heavy atom. The van der Waals surface area contributed by atoms with Crippen LogP contribution in [0.5, 0.6) is 0 Å². The molecule has 0 aromatic carbocycles. The van der Waals surface area contributed by atoms with E-state index in [1.54, 1.807) is 0 Å². The number of unbranched alkanes of at least 4 members (excludes halogenated alkanes) is 49. The van der Waals surface area contributed by atoms with Crippen LogP contribution in [-0.4, -0.2) is 96.7 Å². The minimum Gasteiger partial charge on any atom is -0.462 e. The van der Waals surface area contributed by atoms with Crippen molar-refractivity contribution in [2.45, 2.75) is 439 Å². The van der Waals surface area contributed by atoms with Gasteiger partial charge in [-0.15, -0.1) is 0 Å². The fourth-order valence-corrected chi connectivity index (χ4v) is 13.9. The second-order valence-electron chi connectivity index (χ2n) is 29.8. The molecule has 5 atom stereocenters. The van der Waals surface area contributed by atoms with Crippen LogP contribution in [0.15, 0.2) is 0 Å². The Labute approximate surface area is 607 Å². The molecule has 0 rings (SSSR count). The molecule has 99 heavy (non-hydrogen) atoms. The van der Waals surface area contributed by atoms with Gasteiger partial charge in [0.05, 0.1) is 26.4 Å². The lowest BCUT2D eigenvalue weighted by atomic mass is 10.0. The number of esters is 4. The van der Waals surface area contributed by atoms with E-state index >= 15 is 0 Å². The summed E-state index contributed by atoms with van der Waals surface area (Å²) in [5.74, 6) is -0.507. The SMILES string of the molecule is CCCCCCCCCCCCCCC(=O)OC[C@H](COP(=O)(O)OC[C@H](O)COP(=O)(O)OC[C@@H](COC(=O)CCCCCCCCCCCCCCCC(C)C)OC(=O)CCCCCCCCCCCCCCCCCCC(C)C)OC(=O)CCCCCCCCCCCCCC. The van der Waals surface area contributed by atoms with Crippen LogP contribution >= 0.6 is 15.6 Å². The predicted molar refractivity (Wildman–Crippen MR) is 405 cm³/mol. The fraction of sp³-hybridized carbons (Fsp3) is 0.950. The zero-order chi connectivity index (χ0) is 72.8. The van der Waals surface area contributed by atoms with Gasteiger partial charge in [-0.3, -0.25) is 37.3 Å². The molecule has 0 spiro atoms. The molecule has 2 unspecified atom stereocenters. The standard InChI is InChI=1S/C80H156O17P2/c1-7-9-11-13-15-17-19-32-38-44-50-56-62-77(82)90-68-75(96-79(84)64-58-52-46-40-33-20-18-16-14-12-10-8-2)70-94-98(86,87)92-66-74(81)67-93-99(88,89)95-71-76(69-91-78(83)63-57-51-45-39-34-29-25-27-31-37-43-49-55-61-73(5)6)97-80(85)65-59-53-47-41-35-28-24-22-21-23-26-30-36-42-48-54-60-72(3)4/h72-76,81H,7-71H2,1-6H3,(H,86,87)(H,88,89)/t74-,75+,76+/m0/s1. The van der Waals surface area contributed by atoms with Crippen LogP contribution in [0, 0.1) is 11.8 Å². The second-order valence-corrected chi connectivity index (χ2v) is 32.7. The van der Waals surface area contributed by atoms with Crippen LogP contribution in [0.3, 0.4) is 0 Å². The number of aliphatic hydroxyl groups is 1. The third-order valence-electron chi connectivity index (χ3n) is 18.7. The minimum atomic E-state index is -4.96. The lowest BCUT2D eigenvalue weighted by Crippen LogP contribution is -2.30. The summed E-state index contributed by atoms with van der Waals surface area (Å²) in [5.41, 5.74) is 0. The first-order chi connectivity index (χ1) is 47.9. The molecule has 0 bridgehead atoms. The summed E-state index contributed by atoms with van der Waals surface area (Å²) in [4.78, 5) is 73.0. The van der Waals surface area contributed by atoms with Crippen molar-refractivity contribution in [3.05, 3.63) is 0 Å². The number of rotatable bonds is 79. The van der Waals surface area contributed by atoms with Crippen LogP contribution in [0.2, 0.25) is 0 Å². The minimum absolute atomic E-state index is 0.108. The van der Waals surface area contributed by atoms with Crippen LogP contribution in [0.25, 0.3) is 0 Å². The lowest BCUT2D eigenvalue weighted by molar-refractivity contribution is -0.161. The van der Waals surface area contributed by atoms with E-state index in [-0.39, 0.29) is 25.7 Å². The van der Waals surface area contributed by atoms with Gasteiger partial charge >= 0.3 is 39.5 Å². The summed E-state index contributed by atoms with van der Waals surface area (Å²) in [7, 11) is -9.92. The van der Waals surface area contributed by atoms with Crippen LogP contribution in [0.1, 0.15) is 420 Å². The molecule has 3 N–H and O–H groups in total. The van der Waals surface area contributed by atoms with Gasteiger partial charge in [0.1, 0.15) is 19.3 Å². The quantitative estimate of drug-likeness (QED) is 0.0222. The van der Waals surface area contributed by atoms with Crippen molar-refractivity contribution in [3.8, 4) is 0 Å². The van der Waals surface area contributed by atoms with E-state index in [0.717, 1.165) is 102 Å². The van der Waals surface area contributed by atoms with Crippen molar-refractivity contribution in [1.82, 2.24) is 0 Å². The highest BCUT2D eigenvalue weighted by molar-refractivity contribution is 7.47. The Hall–Kier alpha value is -1.94. The molecule has 17 nitrogen and oxygen atoms in total. The maximum absolute atomic E-state index is 13.1. The molecule has 0 aromatic rings. The fourth-order valence-electron chi connectivity index (χ4n) is 12.4. The van der Waals surface area contributed by atoms with E-state index in [1.807, 2.05) is 0 Å². The van der Waals surface area contributed by atoms with Gasteiger partial charge in [-0.2, -0.15) is 0 Å². The van der Waals surface area contributed by atoms with Gasteiger partial charge in [-0.1, -0.05) is 369 Å². The summed E-state index contributed by atoms with van der Waals surface area (Å²) in [6.07, 6.45) is 60.9. The van der Waals surface area contributed by atoms with Gasteiger partial charge in [0.2, 0.25) is 0 Å². The monoisotopic (exact) mass is 1450 g/mol. The first-order valence-corrected chi connectivity index (χ1v) is 44.5. The Morgan fingerprint density at radius 2 is 0.465 bits per heavy atom. The van der Waals surface area contributed by atoms with Crippen molar-refractivity contribution in [2.24, 2.45) is 11.8 Å². The lowest BCUT2D eigenvalue weighted by Gasteiger charge is -2.21. The van der Waals surface area contributed by atoms with Gasteiger partial charge in [-0.25, -0.2) is 9.13 Å². The second kappa shape index (κ2) is 71.7. The number of carbonyl (C=O) groups is 4. The van der Waals surface area contributed by atoms with E-state index in [4.69, 9.17) is 37.0 Å². The molecule has 0 amide bonds. The zero-order valence-corrected chi connectivity index (χ0v) is 66.6. The molecule has 0 aliphatic heterocycles. The summed E-state index contributed by atoms with van der Waals surface area (Å²) >= 11 is 0. The highest BCUT2D eigenvalue weighted by Gasteiger charge is 2.30. The average molecular weight is 1450 g/mol. The Balaban J connectivity index is 5.24.